The van der Waals surface area contributed by atoms with Gasteiger partial charge in [-0.15, -0.1) is 0 Å². The SMILES string of the molecule is Cc1cccc2nc(CCNC(C)C)n(C)c12. The van der Waals surface area contributed by atoms with Gasteiger partial charge >= 0.3 is 0 Å². The first-order chi connectivity index (χ1) is 8.09. The van der Waals surface area contributed by atoms with Crippen LogP contribution in [0.25, 0.3) is 11.0 Å². The van der Waals surface area contributed by atoms with Gasteiger partial charge in [0.2, 0.25) is 0 Å². The lowest BCUT2D eigenvalue weighted by atomic mass is 10.2. The van der Waals surface area contributed by atoms with Gasteiger partial charge < -0.3 is 9.88 Å². The smallest absolute Gasteiger partial charge is 0.110 e. The summed E-state index contributed by atoms with van der Waals surface area (Å²) in [7, 11) is 2.10. The molecule has 0 unspecified atom stereocenters. The van der Waals surface area contributed by atoms with Crippen molar-refractivity contribution in [3.8, 4) is 0 Å². The first kappa shape index (κ1) is 12.1. The molecule has 2 rings (SSSR count). The van der Waals surface area contributed by atoms with E-state index in [0.717, 1.165) is 24.3 Å². The Kier molecular flexibility index (Phi) is 3.48. The topological polar surface area (TPSA) is 29.9 Å². The second-order valence-electron chi connectivity index (χ2n) is 4.89. The van der Waals surface area contributed by atoms with Gasteiger partial charge in [0.25, 0.3) is 0 Å². The third-order valence-electron chi connectivity index (χ3n) is 3.09. The molecule has 0 aliphatic heterocycles. The van der Waals surface area contributed by atoms with E-state index in [1.807, 2.05) is 0 Å². The van der Waals surface area contributed by atoms with Crippen LogP contribution in [0.1, 0.15) is 25.2 Å². The van der Waals surface area contributed by atoms with Crippen molar-refractivity contribution in [3.63, 3.8) is 0 Å². The molecule has 92 valence electrons. The number of aromatic nitrogens is 2. The molecular formula is C14H21N3. The third kappa shape index (κ3) is 2.50. The molecule has 2 aromatic rings. The molecule has 3 nitrogen and oxygen atoms in total. The molecule has 0 aliphatic carbocycles. The second-order valence-corrected chi connectivity index (χ2v) is 4.89. The van der Waals surface area contributed by atoms with E-state index in [1.54, 1.807) is 0 Å². The van der Waals surface area contributed by atoms with Crippen LogP contribution in [0.2, 0.25) is 0 Å². The van der Waals surface area contributed by atoms with Crippen LogP contribution in [-0.4, -0.2) is 22.1 Å². The van der Waals surface area contributed by atoms with Crippen LogP contribution in [-0.2, 0) is 13.5 Å². The van der Waals surface area contributed by atoms with E-state index in [4.69, 9.17) is 4.98 Å². The first-order valence-electron chi connectivity index (χ1n) is 6.24. The maximum atomic E-state index is 4.69. The first-order valence-corrected chi connectivity index (χ1v) is 6.24. The van der Waals surface area contributed by atoms with Crippen molar-refractivity contribution in [2.24, 2.45) is 7.05 Å². The number of para-hydroxylation sites is 1. The Labute approximate surface area is 103 Å². The van der Waals surface area contributed by atoms with Crippen molar-refractivity contribution >= 4 is 11.0 Å². The number of nitrogens with one attached hydrogen (secondary N) is 1. The number of nitrogens with zero attached hydrogens (tertiary/aromatic N) is 2. The molecule has 1 heterocycles. The summed E-state index contributed by atoms with van der Waals surface area (Å²) in [4.78, 5) is 4.69. The van der Waals surface area contributed by atoms with Crippen molar-refractivity contribution in [3.05, 3.63) is 29.6 Å². The maximum Gasteiger partial charge on any atom is 0.110 e. The number of imidazole rings is 1. The van der Waals surface area contributed by atoms with Crippen molar-refractivity contribution in [1.29, 1.82) is 0 Å². The Balaban J connectivity index is 2.24. The van der Waals surface area contributed by atoms with Crippen LogP contribution < -0.4 is 5.32 Å². The lowest BCUT2D eigenvalue weighted by molar-refractivity contribution is 0.578. The van der Waals surface area contributed by atoms with Gasteiger partial charge in [0, 0.05) is 26.1 Å². The number of aryl methyl sites for hydroxylation is 2. The maximum absolute atomic E-state index is 4.69. The quantitative estimate of drug-likeness (QED) is 0.875. The Bertz CT molecular complexity index is 511. The number of fused-ring (bicyclic) bond motifs is 1. The molecule has 17 heavy (non-hydrogen) atoms. The molecule has 0 atom stereocenters. The molecule has 0 saturated heterocycles. The molecule has 0 aliphatic rings. The fraction of sp³-hybridized carbons (Fsp3) is 0.500. The summed E-state index contributed by atoms with van der Waals surface area (Å²) >= 11 is 0. The van der Waals surface area contributed by atoms with Gasteiger partial charge in [-0.1, -0.05) is 26.0 Å². The zero-order chi connectivity index (χ0) is 12.4. The summed E-state index contributed by atoms with van der Waals surface area (Å²) in [5, 5.41) is 3.43. The van der Waals surface area contributed by atoms with E-state index >= 15 is 0 Å². The molecule has 0 saturated carbocycles. The second kappa shape index (κ2) is 4.88. The molecule has 0 fully saturated rings. The molecule has 3 heteroatoms. The average molecular weight is 231 g/mol. The van der Waals surface area contributed by atoms with Crippen LogP contribution in [0.3, 0.4) is 0 Å². The summed E-state index contributed by atoms with van der Waals surface area (Å²) < 4.78 is 2.21. The van der Waals surface area contributed by atoms with Crippen LogP contribution in [0, 0.1) is 6.92 Å². The number of benzene rings is 1. The normalized spacial score (nSPS) is 11.6. The van der Waals surface area contributed by atoms with E-state index in [1.165, 1.54) is 11.1 Å². The molecule has 1 N–H and O–H groups in total. The van der Waals surface area contributed by atoms with Crippen molar-refractivity contribution in [2.75, 3.05) is 6.54 Å². The Morgan fingerprint density at radius 1 is 1.35 bits per heavy atom. The van der Waals surface area contributed by atoms with E-state index in [-0.39, 0.29) is 0 Å². The monoisotopic (exact) mass is 231 g/mol. The lowest BCUT2D eigenvalue weighted by Crippen LogP contribution is -2.25. The fourth-order valence-electron chi connectivity index (χ4n) is 2.21. The van der Waals surface area contributed by atoms with Crippen molar-refractivity contribution < 1.29 is 0 Å². The highest BCUT2D eigenvalue weighted by Gasteiger charge is 2.08. The van der Waals surface area contributed by atoms with Gasteiger partial charge in [-0.25, -0.2) is 4.98 Å². The van der Waals surface area contributed by atoms with E-state index in [0.29, 0.717) is 6.04 Å². The van der Waals surface area contributed by atoms with Crippen LogP contribution in [0.5, 0.6) is 0 Å². The zero-order valence-corrected chi connectivity index (χ0v) is 11.1. The minimum absolute atomic E-state index is 0.534. The number of hydrogen-bond donors (Lipinski definition) is 1. The zero-order valence-electron chi connectivity index (χ0n) is 11.1. The minimum Gasteiger partial charge on any atom is -0.331 e. The molecule has 0 radical (unpaired) electrons. The molecule has 1 aromatic heterocycles. The summed E-state index contributed by atoms with van der Waals surface area (Å²) in [6.07, 6.45) is 0.975. The minimum atomic E-state index is 0.534. The Morgan fingerprint density at radius 2 is 2.12 bits per heavy atom. The number of rotatable bonds is 4. The highest BCUT2D eigenvalue weighted by molar-refractivity contribution is 5.79. The molecule has 0 bridgehead atoms. The average Bonchev–Trinajstić information content (AvgIpc) is 2.57. The Hall–Kier alpha value is -1.35. The Morgan fingerprint density at radius 3 is 2.76 bits per heavy atom. The van der Waals surface area contributed by atoms with Gasteiger partial charge in [-0.3, -0.25) is 0 Å². The van der Waals surface area contributed by atoms with Gasteiger partial charge in [-0.2, -0.15) is 0 Å². The van der Waals surface area contributed by atoms with Crippen LogP contribution >= 0.6 is 0 Å². The van der Waals surface area contributed by atoms with Gasteiger partial charge in [-0.05, 0) is 18.6 Å². The van der Waals surface area contributed by atoms with Gasteiger partial charge in [0.15, 0.2) is 0 Å². The predicted molar refractivity (Wildman–Crippen MR) is 72.3 cm³/mol. The molecule has 0 amide bonds. The largest absolute Gasteiger partial charge is 0.331 e. The summed E-state index contributed by atoms with van der Waals surface area (Å²) in [6, 6.07) is 6.83. The highest BCUT2D eigenvalue weighted by atomic mass is 15.1. The van der Waals surface area contributed by atoms with E-state index in [9.17, 15) is 0 Å². The van der Waals surface area contributed by atoms with Crippen LogP contribution in [0.4, 0.5) is 0 Å². The van der Waals surface area contributed by atoms with Gasteiger partial charge in [0.05, 0.1) is 11.0 Å². The predicted octanol–water partition coefficient (Wildman–Crippen LogP) is 2.42. The third-order valence-corrected chi connectivity index (χ3v) is 3.09. The number of hydrogen-bond acceptors (Lipinski definition) is 2. The molecule has 1 aromatic carbocycles. The standard InChI is InChI=1S/C14H21N3/c1-10(2)15-9-8-13-16-12-7-5-6-11(3)14(12)17(13)4/h5-7,10,15H,8-9H2,1-4H3. The van der Waals surface area contributed by atoms with Crippen molar-refractivity contribution in [2.45, 2.75) is 33.2 Å². The lowest BCUT2D eigenvalue weighted by Gasteiger charge is -2.08. The fourth-order valence-corrected chi connectivity index (χ4v) is 2.21. The van der Waals surface area contributed by atoms with E-state index < -0.39 is 0 Å². The van der Waals surface area contributed by atoms with Gasteiger partial charge in [0.1, 0.15) is 5.82 Å². The summed E-state index contributed by atoms with van der Waals surface area (Å²) in [5.74, 6) is 1.16. The van der Waals surface area contributed by atoms with Crippen molar-refractivity contribution in [1.82, 2.24) is 14.9 Å². The summed E-state index contributed by atoms with van der Waals surface area (Å²) in [5.41, 5.74) is 3.65. The van der Waals surface area contributed by atoms with E-state index in [2.05, 4.69) is 55.9 Å². The molecular weight excluding hydrogens is 210 g/mol. The molecule has 0 spiro atoms. The highest BCUT2D eigenvalue weighted by Crippen LogP contribution is 2.18. The summed E-state index contributed by atoms with van der Waals surface area (Å²) in [6.45, 7) is 7.45. The van der Waals surface area contributed by atoms with Crippen LogP contribution in [0.15, 0.2) is 18.2 Å².